The zero-order chi connectivity index (χ0) is 15.5. The van der Waals surface area contributed by atoms with Gasteiger partial charge in [-0.25, -0.2) is 4.79 Å². The van der Waals surface area contributed by atoms with Crippen molar-refractivity contribution in [3.63, 3.8) is 0 Å². The Hall–Kier alpha value is -1.73. The fraction of sp³-hybridized carbons (Fsp3) is 0.643. The first-order valence-electron chi connectivity index (χ1n) is 6.95. The van der Waals surface area contributed by atoms with E-state index < -0.39 is 5.69 Å². The maximum absolute atomic E-state index is 12.1. The largest absolute Gasteiger partial charge is 0.376 e. The second-order valence-corrected chi connectivity index (χ2v) is 6.01. The third-order valence-corrected chi connectivity index (χ3v) is 3.16. The predicted molar refractivity (Wildman–Crippen MR) is 76.4 cm³/mol. The van der Waals surface area contributed by atoms with Crippen LogP contribution in [0.25, 0.3) is 0 Å². The maximum Gasteiger partial charge on any atom is 0.345 e. The molecule has 0 unspecified atom stereocenters. The van der Waals surface area contributed by atoms with Crippen LogP contribution in [-0.4, -0.2) is 48.3 Å². The molecule has 0 saturated carbocycles. The molecule has 2 rings (SSSR count). The summed E-state index contributed by atoms with van der Waals surface area (Å²) in [6, 6.07) is 1.61. The summed E-state index contributed by atoms with van der Waals surface area (Å²) in [5.41, 5.74) is -0.00704. The molecular formula is C14H21N3O4. The van der Waals surface area contributed by atoms with Crippen molar-refractivity contribution in [3.8, 4) is 0 Å². The van der Waals surface area contributed by atoms with Gasteiger partial charge in [-0.2, -0.15) is 4.98 Å². The van der Waals surface area contributed by atoms with Crippen LogP contribution in [0.15, 0.2) is 10.9 Å². The molecule has 0 radical (unpaired) electrons. The minimum absolute atomic E-state index is 0.111. The van der Waals surface area contributed by atoms with E-state index in [1.54, 1.807) is 6.07 Å². The van der Waals surface area contributed by atoms with Crippen LogP contribution in [0.5, 0.6) is 0 Å². The molecule has 1 amide bonds. The average Bonchev–Trinajstić information content (AvgIpc) is 2.44. The molecule has 1 atom stereocenters. The molecular weight excluding hydrogens is 274 g/mol. The van der Waals surface area contributed by atoms with Crippen molar-refractivity contribution >= 4 is 5.91 Å². The van der Waals surface area contributed by atoms with Crippen molar-refractivity contribution in [3.05, 3.63) is 27.9 Å². The summed E-state index contributed by atoms with van der Waals surface area (Å²) in [5.74, 6) is -0.388. The smallest absolute Gasteiger partial charge is 0.345 e. The second kappa shape index (κ2) is 6.36. The summed E-state index contributed by atoms with van der Waals surface area (Å²) < 4.78 is 10.7. The summed E-state index contributed by atoms with van der Waals surface area (Å²) in [5, 5.41) is 2.72. The molecule has 2 heterocycles. The van der Waals surface area contributed by atoms with Crippen molar-refractivity contribution in [2.24, 2.45) is 0 Å². The highest BCUT2D eigenvalue weighted by atomic mass is 16.6. The number of rotatable bonds is 3. The first-order chi connectivity index (χ1) is 9.86. The highest BCUT2D eigenvalue weighted by Gasteiger charge is 2.20. The van der Waals surface area contributed by atoms with Crippen LogP contribution in [0.3, 0.4) is 0 Å². The van der Waals surface area contributed by atoms with E-state index >= 15 is 0 Å². The Morgan fingerprint density at radius 2 is 2.24 bits per heavy atom. The lowest BCUT2D eigenvalue weighted by molar-refractivity contribution is -0.0855. The SMILES string of the molecule is CC(C)(C)c1cc(C(=O)NC[C@@H]2COCCO2)nc(=O)[nH]1. The molecule has 1 aliphatic heterocycles. The minimum atomic E-state index is -0.523. The minimum Gasteiger partial charge on any atom is -0.376 e. The zero-order valence-corrected chi connectivity index (χ0v) is 12.6. The maximum atomic E-state index is 12.1. The zero-order valence-electron chi connectivity index (χ0n) is 12.6. The quantitative estimate of drug-likeness (QED) is 0.831. The van der Waals surface area contributed by atoms with E-state index in [2.05, 4.69) is 15.3 Å². The highest BCUT2D eigenvalue weighted by molar-refractivity contribution is 5.92. The van der Waals surface area contributed by atoms with Gasteiger partial charge >= 0.3 is 5.69 Å². The number of ether oxygens (including phenoxy) is 2. The van der Waals surface area contributed by atoms with Crippen molar-refractivity contribution in [2.45, 2.75) is 32.3 Å². The first-order valence-corrected chi connectivity index (χ1v) is 6.95. The first kappa shape index (κ1) is 15.7. The molecule has 2 N–H and O–H groups in total. The van der Waals surface area contributed by atoms with Gasteiger partial charge in [-0.3, -0.25) is 4.79 Å². The summed E-state index contributed by atoms with van der Waals surface area (Å²) >= 11 is 0. The van der Waals surface area contributed by atoms with Crippen LogP contribution < -0.4 is 11.0 Å². The van der Waals surface area contributed by atoms with Crippen LogP contribution in [0.2, 0.25) is 0 Å². The van der Waals surface area contributed by atoms with Gasteiger partial charge in [0.25, 0.3) is 5.91 Å². The fourth-order valence-electron chi connectivity index (χ4n) is 1.93. The molecule has 1 aromatic heterocycles. The summed E-state index contributed by atoms with van der Waals surface area (Å²) in [6.45, 7) is 7.74. The van der Waals surface area contributed by atoms with E-state index in [4.69, 9.17) is 9.47 Å². The van der Waals surface area contributed by atoms with Crippen LogP contribution in [0.1, 0.15) is 37.0 Å². The number of hydrogen-bond acceptors (Lipinski definition) is 5. The van der Waals surface area contributed by atoms with Gasteiger partial charge < -0.3 is 19.8 Å². The summed E-state index contributed by atoms with van der Waals surface area (Å²) in [4.78, 5) is 30.0. The Labute approximate surface area is 123 Å². The molecule has 0 bridgehead atoms. The normalized spacial score (nSPS) is 19.3. The van der Waals surface area contributed by atoms with Gasteiger partial charge in [0.2, 0.25) is 0 Å². The van der Waals surface area contributed by atoms with Crippen LogP contribution in [0, 0.1) is 0 Å². The molecule has 7 nitrogen and oxygen atoms in total. The molecule has 21 heavy (non-hydrogen) atoms. The lowest BCUT2D eigenvalue weighted by atomic mass is 9.91. The lowest BCUT2D eigenvalue weighted by Gasteiger charge is -2.23. The standard InChI is InChI=1S/C14H21N3O4/c1-14(2,3)11-6-10(16-13(19)17-11)12(18)15-7-9-8-20-4-5-21-9/h6,9H,4-5,7-8H2,1-3H3,(H,15,18)(H,16,17,19)/t9-/m1/s1. The van der Waals surface area contributed by atoms with Crippen LogP contribution in [0.4, 0.5) is 0 Å². The molecule has 0 aliphatic carbocycles. The number of nitrogens with zero attached hydrogens (tertiary/aromatic N) is 1. The number of hydrogen-bond donors (Lipinski definition) is 2. The number of aromatic nitrogens is 2. The number of nitrogens with one attached hydrogen (secondary N) is 2. The number of H-pyrrole nitrogens is 1. The van der Waals surface area contributed by atoms with Gasteiger partial charge in [-0.15, -0.1) is 0 Å². The van der Waals surface area contributed by atoms with E-state index in [1.807, 2.05) is 20.8 Å². The van der Waals surface area contributed by atoms with Gasteiger partial charge in [0.1, 0.15) is 5.69 Å². The Kier molecular flexibility index (Phi) is 4.74. The van der Waals surface area contributed by atoms with Gasteiger partial charge in [0.05, 0.1) is 25.9 Å². The van der Waals surface area contributed by atoms with Crippen molar-refractivity contribution < 1.29 is 14.3 Å². The lowest BCUT2D eigenvalue weighted by Crippen LogP contribution is -2.40. The third-order valence-electron chi connectivity index (χ3n) is 3.16. The third kappa shape index (κ3) is 4.37. The molecule has 7 heteroatoms. The van der Waals surface area contributed by atoms with Gasteiger partial charge in [-0.1, -0.05) is 20.8 Å². The van der Waals surface area contributed by atoms with Gasteiger partial charge in [0, 0.05) is 17.7 Å². The average molecular weight is 295 g/mol. The Bertz CT molecular complexity index is 556. The fourth-order valence-corrected chi connectivity index (χ4v) is 1.93. The highest BCUT2D eigenvalue weighted by Crippen LogP contribution is 2.18. The monoisotopic (exact) mass is 295 g/mol. The van der Waals surface area contributed by atoms with Gasteiger partial charge in [0.15, 0.2) is 0 Å². The Morgan fingerprint density at radius 1 is 1.48 bits per heavy atom. The number of aromatic amines is 1. The summed E-state index contributed by atoms with van der Waals surface area (Å²) in [7, 11) is 0. The van der Waals surface area contributed by atoms with E-state index in [-0.39, 0.29) is 23.1 Å². The second-order valence-electron chi connectivity index (χ2n) is 6.01. The number of amides is 1. The molecule has 1 saturated heterocycles. The molecule has 1 fully saturated rings. The van der Waals surface area contributed by atoms with E-state index in [0.29, 0.717) is 32.1 Å². The molecule has 116 valence electrons. The summed E-state index contributed by atoms with van der Waals surface area (Å²) in [6.07, 6.45) is -0.160. The Morgan fingerprint density at radius 3 is 2.86 bits per heavy atom. The molecule has 1 aliphatic rings. The van der Waals surface area contributed by atoms with Crippen molar-refractivity contribution in [1.82, 2.24) is 15.3 Å². The van der Waals surface area contributed by atoms with Crippen molar-refractivity contribution in [2.75, 3.05) is 26.4 Å². The topological polar surface area (TPSA) is 93.3 Å². The van der Waals surface area contributed by atoms with E-state index in [1.165, 1.54) is 0 Å². The van der Waals surface area contributed by atoms with Gasteiger partial charge in [-0.05, 0) is 6.07 Å². The molecule has 0 aromatic carbocycles. The predicted octanol–water partition coefficient (Wildman–Crippen LogP) is 0.213. The van der Waals surface area contributed by atoms with E-state index in [0.717, 1.165) is 0 Å². The van der Waals surface area contributed by atoms with E-state index in [9.17, 15) is 9.59 Å². The molecule has 0 spiro atoms. The van der Waals surface area contributed by atoms with Crippen LogP contribution in [-0.2, 0) is 14.9 Å². The Balaban J connectivity index is 2.05. The number of carbonyl (C=O) groups is 1. The van der Waals surface area contributed by atoms with Crippen molar-refractivity contribution in [1.29, 1.82) is 0 Å². The van der Waals surface area contributed by atoms with Crippen LogP contribution >= 0.6 is 0 Å². The molecule has 1 aromatic rings. The number of carbonyl (C=O) groups excluding carboxylic acids is 1.